The molecule has 1 aliphatic heterocycles. The van der Waals surface area contributed by atoms with Gasteiger partial charge in [-0.3, -0.25) is 4.68 Å². The number of hydrogen-bond donors (Lipinski definition) is 1. The molecule has 2 N–H and O–H groups in total. The highest BCUT2D eigenvalue weighted by Crippen LogP contribution is 2.31. The molecule has 3 rings (SSSR count). The molecule has 1 aromatic carbocycles. The third-order valence-corrected chi connectivity index (χ3v) is 3.72. The summed E-state index contributed by atoms with van der Waals surface area (Å²) in [6.45, 7) is 2.09. The first-order valence-electron chi connectivity index (χ1n) is 6.35. The first-order valence-corrected chi connectivity index (χ1v) is 6.35. The van der Waals surface area contributed by atoms with Crippen LogP contribution in [0.25, 0.3) is 0 Å². The van der Waals surface area contributed by atoms with Gasteiger partial charge in [-0.15, -0.1) is 0 Å². The van der Waals surface area contributed by atoms with Gasteiger partial charge in [0, 0.05) is 55.4 Å². The molecule has 4 heteroatoms. The zero-order valence-electron chi connectivity index (χ0n) is 10.6. The molecule has 2 aromatic rings. The smallest absolute Gasteiger partial charge is 0.0492 e. The van der Waals surface area contributed by atoms with E-state index < -0.39 is 0 Å². The summed E-state index contributed by atoms with van der Waals surface area (Å²) in [5.74, 6) is 0. The number of nitrogens with two attached hydrogens (primary N) is 1. The number of hydrogen-bond acceptors (Lipinski definition) is 3. The molecule has 0 spiro atoms. The van der Waals surface area contributed by atoms with Gasteiger partial charge in [0.2, 0.25) is 0 Å². The Balaban J connectivity index is 1.74. The second-order valence-corrected chi connectivity index (χ2v) is 4.78. The summed E-state index contributed by atoms with van der Waals surface area (Å²) in [6, 6.07) is 8.28. The quantitative estimate of drug-likeness (QED) is 0.832. The lowest BCUT2D eigenvalue weighted by Crippen LogP contribution is -2.23. The topological polar surface area (TPSA) is 47.1 Å². The van der Waals surface area contributed by atoms with Crippen molar-refractivity contribution >= 4 is 11.4 Å². The Labute approximate surface area is 107 Å². The number of rotatable bonds is 3. The normalized spacial score (nSPS) is 13.9. The van der Waals surface area contributed by atoms with E-state index in [1.807, 2.05) is 30.1 Å². The summed E-state index contributed by atoms with van der Waals surface area (Å²) in [6.07, 6.45) is 3.93. The van der Waals surface area contributed by atoms with Gasteiger partial charge >= 0.3 is 0 Å². The molecule has 0 bridgehead atoms. The van der Waals surface area contributed by atoms with Crippen LogP contribution in [0.4, 0.5) is 11.4 Å². The molecular weight excluding hydrogens is 224 g/mol. The fourth-order valence-electron chi connectivity index (χ4n) is 2.66. The van der Waals surface area contributed by atoms with E-state index in [2.05, 4.69) is 22.1 Å². The van der Waals surface area contributed by atoms with Gasteiger partial charge in [-0.1, -0.05) is 6.07 Å². The monoisotopic (exact) mass is 242 g/mol. The maximum atomic E-state index is 6.01. The van der Waals surface area contributed by atoms with E-state index in [9.17, 15) is 0 Å². The van der Waals surface area contributed by atoms with Crippen molar-refractivity contribution < 1.29 is 0 Å². The average molecular weight is 242 g/mol. The minimum Gasteiger partial charge on any atom is -0.398 e. The van der Waals surface area contributed by atoms with E-state index in [-0.39, 0.29) is 0 Å². The van der Waals surface area contributed by atoms with E-state index >= 15 is 0 Å². The first kappa shape index (κ1) is 11.1. The minimum absolute atomic E-state index is 0.926. The number of fused-ring (bicyclic) bond motifs is 1. The summed E-state index contributed by atoms with van der Waals surface area (Å²) in [5.41, 5.74) is 10.8. The summed E-state index contributed by atoms with van der Waals surface area (Å²) in [5, 5.41) is 4.20. The fraction of sp³-hybridized carbons (Fsp3) is 0.357. The average Bonchev–Trinajstić information content (AvgIpc) is 2.94. The lowest BCUT2D eigenvalue weighted by atomic mass is 10.1. The van der Waals surface area contributed by atoms with E-state index in [0.717, 1.165) is 31.6 Å². The maximum absolute atomic E-state index is 6.01. The van der Waals surface area contributed by atoms with Crippen LogP contribution in [0.3, 0.4) is 0 Å². The van der Waals surface area contributed by atoms with Gasteiger partial charge in [-0.25, -0.2) is 0 Å². The van der Waals surface area contributed by atoms with Crippen LogP contribution in [0.2, 0.25) is 0 Å². The van der Waals surface area contributed by atoms with Crippen molar-refractivity contribution in [3.63, 3.8) is 0 Å². The molecule has 18 heavy (non-hydrogen) atoms. The van der Waals surface area contributed by atoms with Crippen LogP contribution in [0.5, 0.6) is 0 Å². The molecule has 1 aromatic heterocycles. The molecule has 0 atom stereocenters. The third-order valence-electron chi connectivity index (χ3n) is 3.72. The maximum Gasteiger partial charge on any atom is 0.0492 e. The van der Waals surface area contributed by atoms with Crippen LogP contribution in [-0.2, 0) is 19.9 Å². The number of aryl methyl sites for hydroxylation is 1. The highest BCUT2D eigenvalue weighted by molar-refractivity contribution is 5.68. The highest BCUT2D eigenvalue weighted by atomic mass is 15.3. The molecule has 0 fully saturated rings. The van der Waals surface area contributed by atoms with Crippen molar-refractivity contribution in [1.29, 1.82) is 0 Å². The Morgan fingerprint density at radius 1 is 1.33 bits per heavy atom. The van der Waals surface area contributed by atoms with E-state index in [1.54, 1.807) is 0 Å². The Morgan fingerprint density at radius 2 is 2.22 bits per heavy atom. The summed E-state index contributed by atoms with van der Waals surface area (Å²) in [7, 11) is 1.99. The van der Waals surface area contributed by atoms with Gasteiger partial charge in [0.05, 0.1) is 0 Å². The van der Waals surface area contributed by atoms with Crippen molar-refractivity contribution in [3.8, 4) is 0 Å². The van der Waals surface area contributed by atoms with Crippen molar-refractivity contribution in [2.75, 3.05) is 23.7 Å². The SMILES string of the molecule is Cn1nccc1CCN1CCc2c(N)cccc21. The Morgan fingerprint density at radius 3 is 3.00 bits per heavy atom. The van der Waals surface area contributed by atoms with Crippen LogP contribution >= 0.6 is 0 Å². The Bertz CT molecular complexity index is 559. The number of nitrogens with zero attached hydrogens (tertiary/aromatic N) is 3. The van der Waals surface area contributed by atoms with Crippen molar-refractivity contribution in [2.24, 2.45) is 7.05 Å². The first-order chi connectivity index (χ1) is 8.75. The molecule has 0 radical (unpaired) electrons. The molecular formula is C14H18N4. The van der Waals surface area contributed by atoms with Crippen LogP contribution in [0.1, 0.15) is 11.3 Å². The number of aromatic nitrogens is 2. The predicted octanol–water partition coefficient (Wildman–Crippen LogP) is 1.61. The Hall–Kier alpha value is -1.97. The van der Waals surface area contributed by atoms with Crippen LogP contribution in [-0.4, -0.2) is 22.9 Å². The van der Waals surface area contributed by atoms with Crippen LogP contribution in [0.15, 0.2) is 30.5 Å². The highest BCUT2D eigenvalue weighted by Gasteiger charge is 2.20. The molecule has 0 aliphatic carbocycles. The number of benzene rings is 1. The van der Waals surface area contributed by atoms with E-state index in [4.69, 9.17) is 5.73 Å². The van der Waals surface area contributed by atoms with Crippen LogP contribution < -0.4 is 10.6 Å². The molecule has 4 nitrogen and oxygen atoms in total. The van der Waals surface area contributed by atoms with Gasteiger partial charge in [-0.05, 0) is 24.6 Å². The zero-order chi connectivity index (χ0) is 12.5. The lowest BCUT2D eigenvalue weighted by molar-refractivity contribution is 0.692. The minimum atomic E-state index is 0.926. The number of anilines is 2. The summed E-state index contributed by atoms with van der Waals surface area (Å²) in [4.78, 5) is 2.42. The molecule has 1 aliphatic rings. The number of nitrogen functional groups attached to an aromatic ring is 1. The van der Waals surface area contributed by atoms with E-state index in [0.29, 0.717) is 0 Å². The standard InChI is InChI=1S/C14H18N4/c1-17-11(5-8-16-17)6-9-18-10-7-12-13(15)3-2-4-14(12)18/h2-5,8H,6-7,9-10,15H2,1H3. The van der Waals surface area contributed by atoms with Gasteiger partial charge in [0.1, 0.15) is 0 Å². The van der Waals surface area contributed by atoms with Gasteiger partial charge in [0.25, 0.3) is 0 Å². The molecule has 0 saturated carbocycles. The molecule has 0 saturated heterocycles. The van der Waals surface area contributed by atoms with Crippen molar-refractivity contribution in [1.82, 2.24) is 9.78 Å². The second-order valence-electron chi connectivity index (χ2n) is 4.78. The summed E-state index contributed by atoms with van der Waals surface area (Å²) >= 11 is 0. The largest absolute Gasteiger partial charge is 0.398 e. The van der Waals surface area contributed by atoms with Crippen molar-refractivity contribution in [3.05, 3.63) is 41.7 Å². The van der Waals surface area contributed by atoms with E-state index in [1.165, 1.54) is 16.9 Å². The van der Waals surface area contributed by atoms with Gasteiger partial charge in [-0.2, -0.15) is 5.10 Å². The van der Waals surface area contributed by atoms with Gasteiger partial charge < -0.3 is 10.6 Å². The molecule has 0 amide bonds. The zero-order valence-corrected chi connectivity index (χ0v) is 10.6. The molecule has 2 heterocycles. The fourth-order valence-corrected chi connectivity index (χ4v) is 2.66. The second kappa shape index (κ2) is 4.37. The predicted molar refractivity (Wildman–Crippen MR) is 73.7 cm³/mol. The Kier molecular flexibility index (Phi) is 2.70. The lowest BCUT2D eigenvalue weighted by Gasteiger charge is -2.19. The molecule has 0 unspecified atom stereocenters. The summed E-state index contributed by atoms with van der Waals surface area (Å²) < 4.78 is 1.94. The third kappa shape index (κ3) is 1.83. The van der Waals surface area contributed by atoms with Gasteiger partial charge in [0.15, 0.2) is 0 Å². The molecule has 94 valence electrons. The van der Waals surface area contributed by atoms with Crippen molar-refractivity contribution in [2.45, 2.75) is 12.8 Å². The van der Waals surface area contributed by atoms with Crippen LogP contribution in [0, 0.1) is 0 Å².